The van der Waals surface area contributed by atoms with Crippen LogP contribution in [0.5, 0.6) is 0 Å². The Balaban J connectivity index is 2.19. The van der Waals surface area contributed by atoms with Gasteiger partial charge < -0.3 is 5.11 Å². The minimum absolute atomic E-state index is 0.137. The lowest BCUT2D eigenvalue weighted by atomic mass is 9.84. The number of azide groups is 1. The summed E-state index contributed by atoms with van der Waals surface area (Å²) in [5.74, 6) is -0.994. The summed E-state index contributed by atoms with van der Waals surface area (Å²) in [5.41, 5.74) is 11.8. The van der Waals surface area contributed by atoms with E-state index < -0.39 is 16.8 Å². The predicted molar refractivity (Wildman–Crippen MR) is 112 cm³/mol. The lowest BCUT2D eigenvalue weighted by molar-refractivity contribution is -0.137. The first-order chi connectivity index (χ1) is 13.7. The van der Waals surface area contributed by atoms with Crippen molar-refractivity contribution in [3.05, 3.63) is 118 Å². The Labute approximate surface area is 167 Å². The average Bonchev–Trinajstić information content (AvgIpc) is 2.75. The van der Waals surface area contributed by atoms with Crippen molar-refractivity contribution in [3.8, 4) is 0 Å². The van der Waals surface area contributed by atoms with Crippen LogP contribution in [0.4, 0.5) is 0 Å². The van der Waals surface area contributed by atoms with Crippen LogP contribution in [-0.4, -0.2) is 22.9 Å². The normalized spacial score (nSPS) is 12.0. The Morgan fingerprint density at radius 2 is 1.29 bits per heavy atom. The first-order valence-corrected chi connectivity index (χ1v) is 9.74. The molecule has 0 aliphatic carbocycles. The van der Waals surface area contributed by atoms with Gasteiger partial charge in [-0.15, -0.1) is 11.8 Å². The van der Waals surface area contributed by atoms with Gasteiger partial charge in [0, 0.05) is 10.7 Å². The molecule has 0 fully saturated rings. The van der Waals surface area contributed by atoms with E-state index in [1.165, 1.54) is 11.8 Å². The van der Waals surface area contributed by atoms with Crippen molar-refractivity contribution in [1.82, 2.24) is 0 Å². The summed E-state index contributed by atoms with van der Waals surface area (Å²) in [7, 11) is 0. The monoisotopic (exact) mass is 389 g/mol. The van der Waals surface area contributed by atoms with Gasteiger partial charge in [-0.3, -0.25) is 4.79 Å². The van der Waals surface area contributed by atoms with E-state index in [1.54, 1.807) is 0 Å². The molecule has 140 valence electrons. The van der Waals surface area contributed by atoms with E-state index in [0.29, 0.717) is 0 Å². The van der Waals surface area contributed by atoms with Crippen LogP contribution in [0.1, 0.15) is 16.7 Å². The van der Waals surface area contributed by atoms with Crippen molar-refractivity contribution in [1.29, 1.82) is 0 Å². The van der Waals surface area contributed by atoms with Crippen LogP contribution in [0.25, 0.3) is 10.4 Å². The minimum atomic E-state index is -1.15. The molecule has 3 aromatic rings. The van der Waals surface area contributed by atoms with E-state index in [1.807, 2.05) is 91.0 Å². The van der Waals surface area contributed by atoms with E-state index in [9.17, 15) is 9.90 Å². The summed E-state index contributed by atoms with van der Waals surface area (Å²) in [6.45, 7) is 0. The molecule has 0 aliphatic rings. The fourth-order valence-corrected chi connectivity index (χ4v) is 4.71. The number of rotatable bonds is 8. The van der Waals surface area contributed by atoms with Crippen LogP contribution in [0.3, 0.4) is 0 Å². The van der Waals surface area contributed by atoms with Gasteiger partial charge in [-0.2, -0.15) is 0 Å². The molecule has 5 nitrogen and oxygen atoms in total. The summed E-state index contributed by atoms with van der Waals surface area (Å²) in [6, 6.07) is 28.8. The maximum Gasteiger partial charge on any atom is 0.313 e. The number of hydrogen-bond donors (Lipinski definition) is 1. The van der Waals surface area contributed by atoms with Gasteiger partial charge in [0.05, 0.1) is 4.75 Å². The quantitative estimate of drug-likeness (QED) is 0.240. The second kappa shape index (κ2) is 9.13. The molecular weight excluding hydrogens is 370 g/mol. The molecule has 0 aromatic heterocycles. The highest BCUT2D eigenvalue weighted by Crippen LogP contribution is 2.48. The molecule has 28 heavy (non-hydrogen) atoms. The third-order valence-corrected chi connectivity index (χ3v) is 6.10. The molecule has 0 saturated heterocycles. The van der Waals surface area contributed by atoms with Gasteiger partial charge in [0.1, 0.15) is 6.04 Å². The highest BCUT2D eigenvalue weighted by Gasteiger charge is 2.38. The predicted octanol–water partition coefficient (Wildman–Crippen LogP) is 5.48. The second-order valence-corrected chi connectivity index (χ2v) is 7.38. The van der Waals surface area contributed by atoms with Crippen molar-refractivity contribution in [2.45, 2.75) is 10.8 Å². The zero-order valence-corrected chi connectivity index (χ0v) is 15.9. The smallest absolute Gasteiger partial charge is 0.313 e. The largest absolute Gasteiger partial charge is 0.481 e. The van der Waals surface area contributed by atoms with Crippen LogP contribution in [0.15, 0.2) is 96.1 Å². The fourth-order valence-electron chi connectivity index (χ4n) is 3.19. The molecule has 0 radical (unpaired) electrons. The van der Waals surface area contributed by atoms with Gasteiger partial charge in [-0.25, -0.2) is 0 Å². The number of benzene rings is 3. The molecule has 3 rings (SSSR count). The number of hydrogen-bond acceptors (Lipinski definition) is 3. The third-order valence-electron chi connectivity index (χ3n) is 4.47. The first kappa shape index (κ1) is 19.5. The van der Waals surface area contributed by atoms with Gasteiger partial charge in [0.25, 0.3) is 0 Å². The molecule has 3 aromatic carbocycles. The van der Waals surface area contributed by atoms with Crippen molar-refractivity contribution >= 4 is 17.7 Å². The molecule has 1 N–H and O–H groups in total. The third kappa shape index (κ3) is 4.03. The van der Waals surface area contributed by atoms with Crippen molar-refractivity contribution < 1.29 is 9.90 Å². The van der Waals surface area contributed by atoms with E-state index >= 15 is 0 Å². The number of carbonyl (C=O) groups is 1. The second-order valence-electron chi connectivity index (χ2n) is 6.15. The standard InChI is InChI=1S/C22H19N3O2S/c23-25-24-20(21(26)27)16-28-22(17-10-4-1-5-11-17,18-12-6-2-7-13-18)19-14-8-3-9-15-19/h1-15,20H,16H2,(H,26,27)/t20-/m0/s1. The van der Waals surface area contributed by atoms with E-state index in [0.717, 1.165) is 16.7 Å². The van der Waals surface area contributed by atoms with Crippen LogP contribution in [0, 0.1) is 0 Å². The van der Waals surface area contributed by atoms with Crippen molar-refractivity contribution in [2.75, 3.05) is 5.75 Å². The van der Waals surface area contributed by atoms with Gasteiger partial charge in [0.15, 0.2) is 0 Å². The lowest BCUT2D eigenvalue weighted by Crippen LogP contribution is -2.29. The number of carboxylic acids is 1. The Bertz CT molecular complexity index is 860. The Kier molecular flexibility index (Phi) is 6.37. The van der Waals surface area contributed by atoms with Crippen LogP contribution >= 0.6 is 11.8 Å². The Hall–Kier alpha value is -3.21. The maximum absolute atomic E-state index is 11.5. The topological polar surface area (TPSA) is 86.1 Å². The highest BCUT2D eigenvalue weighted by molar-refractivity contribution is 8.00. The van der Waals surface area contributed by atoms with E-state index in [-0.39, 0.29) is 5.75 Å². The molecule has 0 unspecified atom stereocenters. The van der Waals surface area contributed by atoms with Gasteiger partial charge >= 0.3 is 5.97 Å². The summed E-state index contributed by atoms with van der Waals surface area (Å²) < 4.78 is -0.636. The van der Waals surface area contributed by atoms with Gasteiger partial charge in [-0.1, -0.05) is 96.1 Å². The molecule has 6 heteroatoms. The Morgan fingerprint density at radius 3 is 1.61 bits per heavy atom. The average molecular weight is 389 g/mol. The number of nitrogens with zero attached hydrogens (tertiary/aromatic N) is 3. The molecule has 0 saturated carbocycles. The minimum Gasteiger partial charge on any atom is -0.481 e. The summed E-state index contributed by atoms with van der Waals surface area (Å²) in [6.07, 6.45) is 0. The Morgan fingerprint density at radius 1 is 0.893 bits per heavy atom. The van der Waals surface area contributed by atoms with Crippen LogP contribution < -0.4 is 0 Å². The lowest BCUT2D eigenvalue weighted by Gasteiger charge is -2.36. The van der Waals surface area contributed by atoms with E-state index in [4.69, 9.17) is 5.53 Å². The fraction of sp³-hybridized carbons (Fsp3) is 0.136. The van der Waals surface area contributed by atoms with Crippen molar-refractivity contribution in [3.63, 3.8) is 0 Å². The molecule has 0 heterocycles. The number of aliphatic carboxylic acids is 1. The molecule has 0 spiro atoms. The zero-order chi connectivity index (χ0) is 19.8. The highest BCUT2D eigenvalue weighted by atomic mass is 32.2. The van der Waals surface area contributed by atoms with Gasteiger partial charge in [0.2, 0.25) is 0 Å². The summed E-state index contributed by atoms with van der Waals surface area (Å²) in [5, 5.41) is 12.9. The molecule has 1 atom stereocenters. The zero-order valence-electron chi connectivity index (χ0n) is 15.1. The number of thioether (sulfide) groups is 1. The van der Waals surface area contributed by atoms with Crippen molar-refractivity contribution in [2.24, 2.45) is 5.11 Å². The first-order valence-electron chi connectivity index (χ1n) is 8.76. The number of carboxylic acid groups (broad SMARTS) is 1. The maximum atomic E-state index is 11.5. The molecule has 0 amide bonds. The molecule has 0 bridgehead atoms. The van der Waals surface area contributed by atoms with Crippen LogP contribution in [0.2, 0.25) is 0 Å². The summed E-state index contributed by atoms with van der Waals surface area (Å²) in [4.78, 5) is 14.2. The summed E-state index contributed by atoms with van der Waals surface area (Å²) >= 11 is 1.46. The van der Waals surface area contributed by atoms with Crippen LogP contribution in [-0.2, 0) is 9.54 Å². The van der Waals surface area contributed by atoms with Gasteiger partial charge in [-0.05, 0) is 22.2 Å². The molecule has 0 aliphatic heterocycles. The van der Waals surface area contributed by atoms with E-state index in [2.05, 4.69) is 10.0 Å². The SMILES string of the molecule is [N-]=[N+]=N[C@@H](CSC(c1ccccc1)(c1ccccc1)c1ccccc1)C(=O)O. The molecular formula is C22H19N3O2S.